The first-order valence-electron chi connectivity index (χ1n) is 10.4. The molecule has 33 heavy (non-hydrogen) atoms. The molecule has 0 aliphatic heterocycles. The Kier molecular flexibility index (Phi) is 10.3. The highest BCUT2D eigenvalue weighted by atomic mass is 79.9. The van der Waals surface area contributed by atoms with Crippen LogP contribution in [0.1, 0.15) is 54.3 Å². The van der Waals surface area contributed by atoms with Gasteiger partial charge in [0, 0.05) is 23.2 Å². The number of hydrazine groups is 1. The van der Waals surface area contributed by atoms with Gasteiger partial charge in [-0.05, 0) is 83.0 Å². The lowest BCUT2D eigenvalue weighted by Gasteiger charge is -2.13. The zero-order valence-corrected chi connectivity index (χ0v) is 21.1. The third-order valence-corrected chi connectivity index (χ3v) is 5.01. The summed E-state index contributed by atoms with van der Waals surface area (Å²) in [5.74, 6) is 0.0481. The first-order valence-corrected chi connectivity index (χ1v) is 11.6. The highest BCUT2D eigenvalue weighted by molar-refractivity contribution is 9.10. The van der Waals surface area contributed by atoms with Gasteiger partial charge in [-0.15, -0.1) is 0 Å². The molecule has 0 bridgehead atoms. The predicted molar refractivity (Wildman–Crippen MR) is 135 cm³/mol. The lowest BCUT2D eigenvalue weighted by molar-refractivity contribution is -0.116. The smallest absolute Gasteiger partial charge is 0.269 e. The number of benzene rings is 2. The summed E-state index contributed by atoms with van der Waals surface area (Å²) in [6.45, 7) is 6.58. The first kappa shape index (κ1) is 26.3. The van der Waals surface area contributed by atoms with Crippen molar-refractivity contribution in [3.63, 3.8) is 0 Å². The molecule has 8 nitrogen and oxygen atoms in total. The van der Waals surface area contributed by atoms with E-state index in [4.69, 9.17) is 17.0 Å². The molecule has 4 N–H and O–H groups in total. The van der Waals surface area contributed by atoms with E-state index in [0.717, 1.165) is 6.42 Å². The quantitative estimate of drug-likeness (QED) is 0.299. The largest absolute Gasteiger partial charge is 0.492 e. The fraction of sp³-hybridized carbons (Fsp3) is 0.304. The molecule has 3 amide bonds. The Balaban J connectivity index is 1.84. The molecule has 0 radical (unpaired) electrons. The molecular formula is C23H27BrN4O4S. The van der Waals surface area contributed by atoms with Crippen LogP contribution < -0.4 is 26.2 Å². The Labute approximate surface area is 206 Å². The molecule has 2 rings (SSSR count). The van der Waals surface area contributed by atoms with Crippen LogP contribution in [-0.4, -0.2) is 29.4 Å². The van der Waals surface area contributed by atoms with Gasteiger partial charge in [-0.2, -0.15) is 0 Å². The number of anilines is 1. The van der Waals surface area contributed by atoms with Crippen molar-refractivity contribution in [3.8, 4) is 5.75 Å². The molecule has 10 heteroatoms. The molecule has 0 saturated heterocycles. The number of nitrogens with one attached hydrogen (secondary N) is 4. The van der Waals surface area contributed by atoms with Crippen molar-refractivity contribution < 1.29 is 19.1 Å². The Morgan fingerprint density at radius 2 is 1.67 bits per heavy atom. The zero-order valence-electron chi connectivity index (χ0n) is 18.7. The van der Waals surface area contributed by atoms with Gasteiger partial charge in [0.25, 0.3) is 11.8 Å². The van der Waals surface area contributed by atoms with Crippen LogP contribution in [0.3, 0.4) is 0 Å². The fourth-order valence-electron chi connectivity index (χ4n) is 2.56. The molecule has 0 aliphatic carbocycles. The summed E-state index contributed by atoms with van der Waals surface area (Å²) in [4.78, 5) is 36.3. The summed E-state index contributed by atoms with van der Waals surface area (Å²) in [6.07, 6.45) is 1.19. The minimum absolute atomic E-state index is 0.0620. The molecule has 0 unspecified atom stereocenters. The molecule has 176 valence electrons. The van der Waals surface area contributed by atoms with Crippen molar-refractivity contribution in [1.82, 2.24) is 16.2 Å². The number of halogens is 1. The van der Waals surface area contributed by atoms with Gasteiger partial charge in [0.05, 0.1) is 11.1 Å². The molecule has 0 heterocycles. The van der Waals surface area contributed by atoms with Gasteiger partial charge >= 0.3 is 0 Å². The van der Waals surface area contributed by atoms with Crippen LogP contribution in [0.15, 0.2) is 46.9 Å². The lowest BCUT2D eigenvalue weighted by atomic mass is 10.2. The number of carbonyl (C=O) groups is 3. The minimum Gasteiger partial charge on any atom is -0.492 e. The van der Waals surface area contributed by atoms with E-state index in [-0.39, 0.29) is 11.0 Å². The molecule has 0 fully saturated rings. The molecule has 2 aromatic carbocycles. The summed E-state index contributed by atoms with van der Waals surface area (Å²) < 4.78 is 6.32. The van der Waals surface area contributed by atoms with E-state index < -0.39 is 11.8 Å². The Morgan fingerprint density at radius 3 is 2.27 bits per heavy atom. The number of hydrogen-bond donors (Lipinski definition) is 4. The highest BCUT2D eigenvalue weighted by Gasteiger charge is 2.12. The van der Waals surface area contributed by atoms with Crippen LogP contribution in [0.25, 0.3) is 0 Å². The van der Waals surface area contributed by atoms with Crippen LogP contribution in [0.5, 0.6) is 5.75 Å². The second kappa shape index (κ2) is 12.9. The van der Waals surface area contributed by atoms with Gasteiger partial charge in [-0.25, -0.2) is 0 Å². The standard InChI is InChI=1S/C23H27BrN4O4S/c1-4-5-20(29)25-17-9-6-15(7-10-17)22(31)27-28-23(33)26-21(30)16-8-11-19(18(24)12-16)32-13-14(2)3/h6-12,14H,4-5,13H2,1-3H3,(H,25,29)(H,27,31)(H2,26,28,30,33). The van der Waals surface area contributed by atoms with Crippen LogP contribution >= 0.6 is 28.1 Å². The number of hydrogen-bond acceptors (Lipinski definition) is 5. The molecule has 2 aromatic rings. The van der Waals surface area contributed by atoms with Crippen molar-refractivity contribution in [2.75, 3.05) is 11.9 Å². The van der Waals surface area contributed by atoms with Crippen molar-refractivity contribution in [2.24, 2.45) is 5.92 Å². The number of thiocarbonyl (C=S) groups is 1. The van der Waals surface area contributed by atoms with Crippen LogP contribution in [-0.2, 0) is 4.79 Å². The summed E-state index contributed by atoms with van der Waals surface area (Å²) in [5, 5.41) is 5.19. The van der Waals surface area contributed by atoms with Crippen LogP contribution in [0, 0.1) is 5.92 Å². The van der Waals surface area contributed by atoms with Crippen molar-refractivity contribution >= 4 is 56.7 Å². The topological polar surface area (TPSA) is 109 Å². The van der Waals surface area contributed by atoms with Crippen LogP contribution in [0.2, 0.25) is 0 Å². The molecule has 0 aromatic heterocycles. The molecule has 0 atom stereocenters. The van der Waals surface area contributed by atoms with E-state index in [1.165, 1.54) is 0 Å². The average molecular weight is 535 g/mol. The summed E-state index contributed by atoms with van der Waals surface area (Å²) >= 11 is 8.48. The second-order valence-electron chi connectivity index (χ2n) is 7.59. The lowest BCUT2D eigenvalue weighted by Crippen LogP contribution is -2.48. The van der Waals surface area contributed by atoms with Gasteiger partial charge in [-0.1, -0.05) is 20.8 Å². The van der Waals surface area contributed by atoms with Gasteiger partial charge in [0.2, 0.25) is 5.91 Å². The van der Waals surface area contributed by atoms with Crippen LogP contribution in [0.4, 0.5) is 5.69 Å². The summed E-state index contributed by atoms with van der Waals surface area (Å²) in [6, 6.07) is 11.4. The maximum atomic E-state index is 12.4. The highest BCUT2D eigenvalue weighted by Crippen LogP contribution is 2.26. The summed E-state index contributed by atoms with van der Waals surface area (Å²) in [5.41, 5.74) is 6.25. The van der Waals surface area contributed by atoms with Gasteiger partial charge in [0.1, 0.15) is 5.75 Å². The molecule has 0 saturated carbocycles. The molecule has 0 spiro atoms. The van der Waals surface area contributed by atoms with E-state index in [0.29, 0.717) is 46.0 Å². The number of carbonyl (C=O) groups excluding carboxylic acids is 3. The maximum Gasteiger partial charge on any atom is 0.269 e. The van der Waals surface area contributed by atoms with Crippen molar-refractivity contribution in [1.29, 1.82) is 0 Å². The van der Waals surface area contributed by atoms with Gasteiger partial charge < -0.3 is 10.1 Å². The summed E-state index contributed by atoms with van der Waals surface area (Å²) in [7, 11) is 0. The van der Waals surface area contributed by atoms with E-state index in [1.54, 1.807) is 42.5 Å². The zero-order chi connectivity index (χ0) is 24.4. The predicted octanol–water partition coefficient (Wildman–Crippen LogP) is 4.17. The maximum absolute atomic E-state index is 12.4. The SMILES string of the molecule is CCCC(=O)Nc1ccc(C(=O)NNC(=S)NC(=O)c2ccc(OCC(C)C)c(Br)c2)cc1. The third kappa shape index (κ3) is 8.82. The Morgan fingerprint density at radius 1 is 1.00 bits per heavy atom. The first-order chi connectivity index (χ1) is 15.7. The third-order valence-electron chi connectivity index (χ3n) is 4.19. The van der Waals surface area contributed by atoms with Crippen molar-refractivity contribution in [2.45, 2.75) is 33.6 Å². The van der Waals surface area contributed by atoms with E-state index in [1.807, 2.05) is 20.8 Å². The monoisotopic (exact) mass is 534 g/mol. The Hall–Kier alpha value is -2.98. The van der Waals surface area contributed by atoms with E-state index in [9.17, 15) is 14.4 Å². The fourth-order valence-corrected chi connectivity index (χ4v) is 3.20. The normalized spacial score (nSPS) is 10.3. The average Bonchev–Trinajstić information content (AvgIpc) is 2.77. The van der Waals surface area contributed by atoms with Gasteiger partial charge in [0.15, 0.2) is 5.11 Å². The minimum atomic E-state index is -0.451. The van der Waals surface area contributed by atoms with Gasteiger partial charge in [-0.3, -0.25) is 30.6 Å². The number of ether oxygens (including phenoxy) is 1. The van der Waals surface area contributed by atoms with E-state index >= 15 is 0 Å². The number of rotatable bonds is 8. The van der Waals surface area contributed by atoms with E-state index in [2.05, 4.69) is 37.4 Å². The van der Waals surface area contributed by atoms with Crippen molar-refractivity contribution in [3.05, 3.63) is 58.1 Å². The molecular weight excluding hydrogens is 508 g/mol. The Bertz CT molecular complexity index is 1010. The second-order valence-corrected chi connectivity index (χ2v) is 8.85. The number of amides is 3. The molecule has 0 aliphatic rings.